The van der Waals surface area contributed by atoms with E-state index in [4.69, 9.17) is 0 Å². The Balaban J connectivity index is 2.06. The van der Waals surface area contributed by atoms with Crippen LogP contribution in [-0.2, 0) is 6.54 Å². The summed E-state index contributed by atoms with van der Waals surface area (Å²) in [4.78, 5) is 1.98. The normalized spacial score (nSPS) is 17.3. The molecule has 22 heavy (non-hydrogen) atoms. The SMILES string of the molecule is C=C(C)C1CN(c2cc(C)ccc2F)Cc2cc(F)ccc21. The van der Waals surface area contributed by atoms with E-state index in [2.05, 4.69) is 6.58 Å². The van der Waals surface area contributed by atoms with Crippen LogP contribution in [-0.4, -0.2) is 6.54 Å². The zero-order chi connectivity index (χ0) is 15.9. The smallest absolute Gasteiger partial charge is 0.146 e. The van der Waals surface area contributed by atoms with Gasteiger partial charge in [-0.05, 0) is 54.8 Å². The van der Waals surface area contributed by atoms with Crippen LogP contribution in [0.1, 0.15) is 29.5 Å². The number of anilines is 1. The zero-order valence-electron chi connectivity index (χ0n) is 12.9. The molecule has 0 amide bonds. The summed E-state index contributed by atoms with van der Waals surface area (Å²) in [5, 5.41) is 0. The Hall–Kier alpha value is -2.16. The van der Waals surface area contributed by atoms with E-state index in [1.807, 2.05) is 30.9 Å². The van der Waals surface area contributed by atoms with E-state index in [0.29, 0.717) is 18.8 Å². The lowest BCUT2D eigenvalue weighted by Gasteiger charge is -2.37. The minimum Gasteiger partial charge on any atom is -0.364 e. The lowest BCUT2D eigenvalue weighted by atomic mass is 9.85. The lowest BCUT2D eigenvalue weighted by molar-refractivity contribution is 0.588. The summed E-state index contributed by atoms with van der Waals surface area (Å²) < 4.78 is 27.8. The van der Waals surface area contributed by atoms with Crippen molar-refractivity contribution in [3.05, 3.63) is 76.9 Å². The first-order valence-corrected chi connectivity index (χ1v) is 7.40. The van der Waals surface area contributed by atoms with Crippen LogP contribution in [0.3, 0.4) is 0 Å². The molecule has 0 radical (unpaired) electrons. The standard InChI is InChI=1S/C19H19F2N/c1-12(2)17-11-22(19-8-13(3)4-7-18(19)21)10-14-9-15(20)5-6-16(14)17/h4-9,17H,1,10-11H2,2-3H3. The molecule has 3 heteroatoms. The first kappa shape index (κ1) is 14.8. The van der Waals surface area contributed by atoms with Gasteiger partial charge in [-0.2, -0.15) is 0 Å². The molecule has 0 aromatic heterocycles. The van der Waals surface area contributed by atoms with E-state index >= 15 is 0 Å². The van der Waals surface area contributed by atoms with Crippen LogP contribution in [0.2, 0.25) is 0 Å². The first-order valence-electron chi connectivity index (χ1n) is 7.40. The Labute approximate surface area is 129 Å². The molecular formula is C19H19F2N. The van der Waals surface area contributed by atoms with Gasteiger partial charge in [0.15, 0.2) is 0 Å². The molecule has 0 saturated heterocycles. The van der Waals surface area contributed by atoms with Gasteiger partial charge in [0.1, 0.15) is 11.6 Å². The number of halogens is 2. The summed E-state index contributed by atoms with van der Waals surface area (Å²) in [6, 6.07) is 9.94. The number of nitrogens with zero attached hydrogens (tertiary/aromatic N) is 1. The van der Waals surface area contributed by atoms with Crippen molar-refractivity contribution in [3.8, 4) is 0 Å². The monoisotopic (exact) mass is 299 g/mol. The Kier molecular flexibility index (Phi) is 3.73. The van der Waals surface area contributed by atoms with Crippen LogP contribution >= 0.6 is 0 Å². The Bertz CT molecular complexity index is 736. The molecule has 0 N–H and O–H groups in total. The quantitative estimate of drug-likeness (QED) is 0.709. The highest BCUT2D eigenvalue weighted by Crippen LogP contribution is 2.36. The van der Waals surface area contributed by atoms with Crippen LogP contribution in [0.5, 0.6) is 0 Å². The van der Waals surface area contributed by atoms with Crippen LogP contribution < -0.4 is 4.90 Å². The highest BCUT2D eigenvalue weighted by molar-refractivity contribution is 5.54. The summed E-state index contributed by atoms with van der Waals surface area (Å²) in [6.45, 7) is 9.13. The summed E-state index contributed by atoms with van der Waals surface area (Å²) in [5.74, 6) is -0.416. The van der Waals surface area contributed by atoms with Gasteiger partial charge in [-0.25, -0.2) is 8.78 Å². The highest BCUT2D eigenvalue weighted by Gasteiger charge is 2.27. The van der Waals surface area contributed by atoms with Gasteiger partial charge in [-0.15, -0.1) is 0 Å². The molecule has 0 spiro atoms. The summed E-state index contributed by atoms with van der Waals surface area (Å²) in [6.07, 6.45) is 0. The molecule has 1 atom stereocenters. The van der Waals surface area contributed by atoms with Gasteiger partial charge in [-0.3, -0.25) is 0 Å². The molecule has 0 fully saturated rings. The predicted molar refractivity (Wildman–Crippen MR) is 86.1 cm³/mol. The van der Waals surface area contributed by atoms with Crippen molar-refractivity contribution in [1.82, 2.24) is 0 Å². The van der Waals surface area contributed by atoms with Gasteiger partial charge in [0.05, 0.1) is 5.69 Å². The number of aryl methyl sites for hydroxylation is 1. The molecule has 1 heterocycles. The lowest BCUT2D eigenvalue weighted by Crippen LogP contribution is -2.34. The Morgan fingerprint density at radius 1 is 1.18 bits per heavy atom. The number of fused-ring (bicyclic) bond motifs is 1. The number of hydrogen-bond donors (Lipinski definition) is 0. The second kappa shape index (κ2) is 5.56. The fourth-order valence-corrected chi connectivity index (χ4v) is 3.11. The Morgan fingerprint density at radius 3 is 2.68 bits per heavy atom. The average Bonchev–Trinajstić information content (AvgIpc) is 2.48. The van der Waals surface area contributed by atoms with Crippen molar-refractivity contribution in [1.29, 1.82) is 0 Å². The molecule has 1 unspecified atom stereocenters. The fraction of sp³-hybridized carbons (Fsp3) is 0.263. The molecule has 114 valence electrons. The first-order chi connectivity index (χ1) is 10.5. The fourth-order valence-electron chi connectivity index (χ4n) is 3.11. The van der Waals surface area contributed by atoms with Crippen LogP contribution in [0.15, 0.2) is 48.6 Å². The third kappa shape index (κ3) is 2.63. The van der Waals surface area contributed by atoms with Crippen molar-refractivity contribution >= 4 is 5.69 Å². The second-order valence-corrected chi connectivity index (χ2v) is 6.08. The minimum atomic E-state index is -0.259. The zero-order valence-corrected chi connectivity index (χ0v) is 12.9. The maximum atomic E-state index is 14.2. The average molecular weight is 299 g/mol. The maximum Gasteiger partial charge on any atom is 0.146 e. The summed E-state index contributed by atoms with van der Waals surface area (Å²) >= 11 is 0. The van der Waals surface area contributed by atoms with Crippen molar-refractivity contribution in [2.75, 3.05) is 11.4 Å². The topological polar surface area (TPSA) is 3.24 Å². The number of benzene rings is 2. The van der Waals surface area contributed by atoms with Crippen LogP contribution in [0.4, 0.5) is 14.5 Å². The van der Waals surface area contributed by atoms with Crippen LogP contribution in [0.25, 0.3) is 0 Å². The molecule has 0 aliphatic carbocycles. The van der Waals surface area contributed by atoms with Gasteiger partial charge in [0.2, 0.25) is 0 Å². The summed E-state index contributed by atoms with van der Waals surface area (Å²) in [5.41, 5.74) is 4.58. The predicted octanol–water partition coefficient (Wildman–Crippen LogP) is 4.95. The van der Waals surface area contributed by atoms with Gasteiger partial charge in [0.25, 0.3) is 0 Å². The number of hydrogen-bond acceptors (Lipinski definition) is 1. The molecular weight excluding hydrogens is 280 g/mol. The summed E-state index contributed by atoms with van der Waals surface area (Å²) in [7, 11) is 0. The molecule has 3 rings (SSSR count). The van der Waals surface area contributed by atoms with Crippen molar-refractivity contribution < 1.29 is 8.78 Å². The third-order valence-corrected chi connectivity index (χ3v) is 4.28. The maximum absolute atomic E-state index is 14.2. The molecule has 1 nitrogen and oxygen atoms in total. The van der Waals surface area contributed by atoms with E-state index in [0.717, 1.165) is 22.3 Å². The minimum absolute atomic E-state index is 0.0873. The van der Waals surface area contributed by atoms with E-state index in [1.54, 1.807) is 12.1 Å². The highest BCUT2D eigenvalue weighted by atomic mass is 19.1. The molecule has 0 saturated carbocycles. The largest absolute Gasteiger partial charge is 0.364 e. The Morgan fingerprint density at radius 2 is 1.95 bits per heavy atom. The molecule has 1 aliphatic rings. The van der Waals surface area contributed by atoms with E-state index in [9.17, 15) is 8.78 Å². The number of rotatable bonds is 2. The van der Waals surface area contributed by atoms with Crippen molar-refractivity contribution in [3.63, 3.8) is 0 Å². The van der Waals surface area contributed by atoms with Gasteiger partial charge in [-0.1, -0.05) is 24.3 Å². The molecule has 2 aromatic rings. The van der Waals surface area contributed by atoms with Crippen LogP contribution in [0, 0.1) is 18.6 Å². The third-order valence-electron chi connectivity index (χ3n) is 4.28. The molecule has 2 aromatic carbocycles. The van der Waals surface area contributed by atoms with Gasteiger partial charge in [0, 0.05) is 19.0 Å². The molecule has 1 aliphatic heterocycles. The van der Waals surface area contributed by atoms with Crippen molar-refractivity contribution in [2.24, 2.45) is 0 Å². The van der Waals surface area contributed by atoms with Gasteiger partial charge < -0.3 is 4.90 Å². The van der Waals surface area contributed by atoms with E-state index in [-0.39, 0.29) is 17.6 Å². The van der Waals surface area contributed by atoms with E-state index < -0.39 is 0 Å². The molecule has 0 bridgehead atoms. The van der Waals surface area contributed by atoms with E-state index in [1.165, 1.54) is 12.1 Å². The second-order valence-electron chi connectivity index (χ2n) is 6.08. The van der Waals surface area contributed by atoms with Gasteiger partial charge >= 0.3 is 0 Å². The van der Waals surface area contributed by atoms with Crippen molar-refractivity contribution in [2.45, 2.75) is 26.3 Å².